The third-order valence-electron chi connectivity index (χ3n) is 1.58. The van der Waals surface area contributed by atoms with Crippen molar-refractivity contribution in [2.75, 3.05) is 5.88 Å². The third-order valence-corrected chi connectivity index (χ3v) is 1.91. The molecule has 4 heteroatoms. The quantitative estimate of drug-likeness (QED) is 0.519. The molecule has 1 aliphatic heterocycles. The first-order chi connectivity index (χ1) is 5.27. The van der Waals surface area contributed by atoms with E-state index in [0.29, 0.717) is 12.3 Å². The second kappa shape index (κ2) is 3.62. The Morgan fingerprint density at radius 2 is 2.55 bits per heavy atom. The molecule has 0 aliphatic carbocycles. The van der Waals surface area contributed by atoms with Crippen molar-refractivity contribution in [1.82, 2.24) is 5.32 Å². The maximum atomic E-state index is 10.7. The standard InChI is InChI=1S/C7H10ClNO2/c1-2-3-6-5(4-8)9-7(10)11-6/h2,5-6H,1,3-4H2,(H,9,10)/t5-,6-/m1/s1. The monoisotopic (exact) mass is 175 g/mol. The number of hydrogen-bond acceptors (Lipinski definition) is 2. The van der Waals surface area contributed by atoms with E-state index in [0.717, 1.165) is 0 Å². The molecule has 1 heterocycles. The van der Waals surface area contributed by atoms with Crippen molar-refractivity contribution in [2.24, 2.45) is 0 Å². The van der Waals surface area contributed by atoms with Crippen LogP contribution in [-0.4, -0.2) is 24.1 Å². The Labute approximate surface area is 70.4 Å². The number of hydrogen-bond donors (Lipinski definition) is 1. The van der Waals surface area contributed by atoms with Gasteiger partial charge in [0.15, 0.2) is 0 Å². The van der Waals surface area contributed by atoms with Crippen molar-refractivity contribution in [2.45, 2.75) is 18.6 Å². The van der Waals surface area contributed by atoms with E-state index in [9.17, 15) is 4.79 Å². The minimum Gasteiger partial charge on any atom is -0.444 e. The number of alkyl carbamates (subject to hydrolysis) is 1. The van der Waals surface area contributed by atoms with Crippen molar-refractivity contribution < 1.29 is 9.53 Å². The largest absolute Gasteiger partial charge is 0.444 e. The summed E-state index contributed by atoms with van der Waals surface area (Å²) in [6.45, 7) is 3.56. The van der Waals surface area contributed by atoms with Gasteiger partial charge in [0.25, 0.3) is 0 Å². The minimum atomic E-state index is -0.387. The highest BCUT2D eigenvalue weighted by Crippen LogP contribution is 2.13. The smallest absolute Gasteiger partial charge is 0.407 e. The topological polar surface area (TPSA) is 38.3 Å². The van der Waals surface area contributed by atoms with Gasteiger partial charge in [-0.2, -0.15) is 0 Å². The fourth-order valence-electron chi connectivity index (χ4n) is 1.01. The van der Waals surface area contributed by atoms with Gasteiger partial charge in [0, 0.05) is 12.3 Å². The van der Waals surface area contributed by atoms with Gasteiger partial charge < -0.3 is 10.1 Å². The number of carbonyl (C=O) groups excluding carboxylic acids is 1. The first kappa shape index (κ1) is 8.40. The molecule has 1 saturated heterocycles. The summed E-state index contributed by atoms with van der Waals surface area (Å²) in [5, 5.41) is 2.60. The molecule has 1 amide bonds. The van der Waals surface area contributed by atoms with Crippen LogP contribution in [0.1, 0.15) is 6.42 Å². The normalized spacial score (nSPS) is 29.4. The Bertz CT molecular complexity index is 172. The van der Waals surface area contributed by atoms with Crippen LogP contribution >= 0.6 is 11.6 Å². The van der Waals surface area contributed by atoms with Crippen molar-refractivity contribution in [3.05, 3.63) is 12.7 Å². The molecular formula is C7H10ClNO2. The summed E-state index contributed by atoms with van der Waals surface area (Å²) in [6, 6.07) is -0.0674. The van der Waals surface area contributed by atoms with Crippen LogP contribution in [0, 0.1) is 0 Å². The summed E-state index contributed by atoms with van der Waals surface area (Å²) >= 11 is 5.57. The fraction of sp³-hybridized carbons (Fsp3) is 0.571. The van der Waals surface area contributed by atoms with E-state index < -0.39 is 0 Å². The molecule has 0 radical (unpaired) electrons. The average Bonchev–Trinajstić information content (AvgIpc) is 2.32. The first-order valence-electron chi connectivity index (χ1n) is 3.42. The Kier molecular flexibility index (Phi) is 2.76. The number of amides is 1. The molecule has 0 unspecified atom stereocenters. The summed E-state index contributed by atoms with van der Waals surface area (Å²) in [5.41, 5.74) is 0. The van der Waals surface area contributed by atoms with Crippen LogP contribution in [0.3, 0.4) is 0 Å². The van der Waals surface area contributed by atoms with Crippen molar-refractivity contribution in [3.63, 3.8) is 0 Å². The third kappa shape index (κ3) is 1.87. The number of alkyl halides is 1. The van der Waals surface area contributed by atoms with E-state index in [1.54, 1.807) is 6.08 Å². The summed E-state index contributed by atoms with van der Waals surface area (Å²) in [5.74, 6) is 0.379. The molecule has 3 nitrogen and oxygen atoms in total. The molecule has 0 spiro atoms. The van der Waals surface area contributed by atoms with Crippen LogP contribution in [0.25, 0.3) is 0 Å². The van der Waals surface area contributed by atoms with E-state index in [-0.39, 0.29) is 18.2 Å². The summed E-state index contributed by atoms with van der Waals surface area (Å²) in [7, 11) is 0. The lowest BCUT2D eigenvalue weighted by Crippen LogP contribution is -2.32. The van der Waals surface area contributed by atoms with Crippen LogP contribution in [0.15, 0.2) is 12.7 Å². The zero-order chi connectivity index (χ0) is 8.27. The highest BCUT2D eigenvalue weighted by molar-refractivity contribution is 6.18. The predicted molar refractivity (Wildman–Crippen MR) is 42.7 cm³/mol. The second-order valence-electron chi connectivity index (χ2n) is 2.37. The maximum Gasteiger partial charge on any atom is 0.407 e. The first-order valence-corrected chi connectivity index (χ1v) is 3.95. The van der Waals surface area contributed by atoms with Gasteiger partial charge in [-0.15, -0.1) is 18.2 Å². The van der Waals surface area contributed by atoms with Gasteiger partial charge in [-0.05, 0) is 0 Å². The van der Waals surface area contributed by atoms with Crippen LogP contribution < -0.4 is 5.32 Å². The molecule has 0 aromatic rings. The van der Waals surface area contributed by atoms with Crippen molar-refractivity contribution >= 4 is 17.7 Å². The molecule has 62 valence electrons. The van der Waals surface area contributed by atoms with Crippen LogP contribution in [0.2, 0.25) is 0 Å². The van der Waals surface area contributed by atoms with Crippen LogP contribution in [-0.2, 0) is 4.74 Å². The highest BCUT2D eigenvalue weighted by Gasteiger charge is 2.31. The van der Waals surface area contributed by atoms with Crippen molar-refractivity contribution in [3.8, 4) is 0 Å². The zero-order valence-corrected chi connectivity index (χ0v) is 6.80. The molecule has 1 aliphatic rings. The Morgan fingerprint density at radius 1 is 1.82 bits per heavy atom. The number of cyclic esters (lactones) is 1. The van der Waals surface area contributed by atoms with Crippen LogP contribution in [0.5, 0.6) is 0 Å². The molecule has 2 atom stereocenters. The second-order valence-corrected chi connectivity index (χ2v) is 2.68. The molecule has 1 rings (SSSR count). The summed E-state index contributed by atoms with van der Waals surface area (Å²) in [4.78, 5) is 10.7. The van der Waals surface area contributed by atoms with Crippen LogP contribution in [0.4, 0.5) is 4.79 Å². The Hall–Kier alpha value is -0.700. The van der Waals surface area contributed by atoms with E-state index in [1.165, 1.54) is 0 Å². The number of halogens is 1. The molecule has 0 saturated carbocycles. The number of rotatable bonds is 3. The lowest BCUT2D eigenvalue weighted by atomic mass is 10.1. The van der Waals surface area contributed by atoms with E-state index in [4.69, 9.17) is 16.3 Å². The molecule has 1 N–H and O–H groups in total. The van der Waals surface area contributed by atoms with E-state index in [2.05, 4.69) is 11.9 Å². The van der Waals surface area contributed by atoms with Gasteiger partial charge in [0.05, 0.1) is 6.04 Å². The minimum absolute atomic E-state index is 0.0674. The number of carbonyl (C=O) groups is 1. The molecular weight excluding hydrogens is 166 g/mol. The molecule has 0 bridgehead atoms. The zero-order valence-electron chi connectivity index (χ0n) is 6.05. The molecule has 0 aromatic heterocycles. The Morgan fingerprint density at radius 3 is 3.09 bits per heavy atom. The van der Waals surface area contributed by atoms with E-state index >= 15 is 0 Å². The lowest BCUT2D eigenvalue weighted by Gasteiger charge is -2.10. The highest BCUT2D eigenvalue weighted by atomic mass is 35.5. The summed E-state index contributed by atoms with van der Waals surface area (Å²) < 4.78 is 4.90. The molecule has 0 aromatic carbocycles. The molecule has 11 heavy (non-hydrogen) atoms. The Balaban J connectivity index is 2.49. The maximum absolute atomic E-state index is 10.7. The van der Waals surface area contributed by atoms with Crippen molar-refractivity contribution in [1.29, 1.82) is 0 Å². The number of nitrogens with one attached hydrogen (secondary N) is 1. The average molecular weight is 176 g/mol. The molecule has 1 fully saturated rings. The lowest BCUT2D eigenvalue weighted by molar-refractivity contribution is 0.135. The van der Waals surface area contributed by atoms with E-state index in [1.807, 2.05) is 0 Å². The van der Waals surface area contributed by atoms with Gasteiger partial charge in [-0.3, -0.25) is 0 Å². The van der Waals surface area contributed by atoms with Gasteiger partial charge in [0.2, 0.25) is 0 Å². The SMILES string of the molecule is C=CC[C@H]1OC(=O)N[C@@H]1CCl. The summed E-state index contributed by atoms with van der Waals surface area (Å²) in [6.07, 6.45) is 1.83. The van der Waals surface area contributed by atoms with Gasteiger partial charge in [0.1, 0.15) is 6.10 Å². The number of ether oxygens (including phenoxy) is 1. The van der Waals surface area contributed by atoms with Gasteiger partial charge >= 0.3 is 6.09 Å². The van der Waals surface area contributed by atoms with Gasteiger partial charge in [-0.1, -0.05) is 6.08 Å². The predicted octanol–water partition coefficient (Wildman–Crippen LogP) is 1.28. The van der Waals surface area contributed by atoms with Gasteiger partial charge in [-0.25, -0.2) is 4.79 Å². The fourth-order valence-corrected chi connectivity index (χ4v) is 1.29.